The van der Waals surface area contributed by atoms with E-state index in [9.17, 15) is 22.8 Å². The number of amides is 1. The zero-order valence-electron chi connectivity index (χ0n) is 12.7. The van der Waals surface area contributed by atoms with Gasteiger partial charge in [0.1, 0.15) is 5.02 Å². The van der Waals surface area contributed by atoms with E-state index in [1.165, 1.54) is 23.2 Å². The summed E-state index contributed by atoms with van der Waals surface area (Å²) in [6.45, 7) is 0.539. The van der Waals surface area contributed by atoms with Crippen LogP contribution in [-0.2, 0) is 11.0 Å². The van der Waals surface area contributed by atoms with Crippen molar-refractivity contribution in [3.8, 4) is 0 Å². The zero-order chi connectivity index (χ0) is 18.2. The molecule has 0 aliphatic carbocycles. The third kappa shape index (κ3) is 3.46. The van der Waals surface area contributed by atoms with Crippen LogP contribution < -0.4 is 15.4 Å². The van der Waals surface area contributed by atoms with E-state index in [-0.39, 0.29) is 24.0 Å². The van der Waals surface area contributed by atoms with Crippen LogP contribution in [-0.4, -0.2) is 35.7 Å². The van der Waals surface area contributed by atoms with Crippen molar-refractivity contribution < 1.29 is 18.0 Å². The van der Waals surface area contributed by atoms with Crippen molar-refractivity contribution in [2.24, 2.45) is 0 Å². The summed E-state index contributed by atoms with van der Waals surface area (Å²) in [4.78, 5) is 26.9. The first kappa shape index (κ1) is 17.3. The van der Waals surface area contributed by atoms with Crippen molar-refractivity contribution in [2.75, 3.05) is 29.4 Å². The minimum Gasteiger partial charge on any atom is -0.358 e. The monoisotopic (exact) mass is 372 g/mol. The van der Waals surface area contributed by atoms with Gasteiger partial charge in [0.2, 0.25) is 5.91 Å². The topological polar surface area (TPSA) is 69.3 Å². The van der Waals surface area contributed by atoms with Gasteiger partial charge in [0.25, 0.3) is 5.56 Å². The number of alkyl halides is 3. The number of aromatic nitrogens is 2. The van der Waals surface area contributed by atoms with Crippen LogP contribution in [0, 0.1) is 0 Å². The molecule has 0 unspecified atom stereocenters. The van der Waals surface area contributed by atoms with Crippen LogP contribution >= 0.6 is 11.6 Å². The summed E-state index contributed by atoms with van der Waals surface area (Å²) in [5, 5.41) is 5.79. The van der Waals surface area contributed by atoms with Crippen molar-refractivity contribution in [2.45, 2.75) is 6.18 Å². The Morgan fingerprint density at radius 3 is 2.40 bits per heavy atom. The maximum absolute atomic E-state index is 12.6. The second-order valence-corrected chi connectivity index (χ2v) is 5.79. The van der Waals surface area contributed by atoms with Crippen LogP contribution in [0.2, 0.25) is 5.02 Å². The number of rotatable bonds is 2. The van der Waals surface area contributed by atoms with E-state index in [1.54, 1.807) is 4.90 Å². The first-order valence-corrected chi connectivity index (χ1v) is 7.61. The molecule has 1 N–H and O–H groups in total. The number of hydrogen-bond donors (Lipinski definition) is 1. The predicted octanol–water partition coefficient (Wildman–Crippen LogP) is 2.30. The lowest BCUT2D eigenvalue weighted by Gasteiger charge is -2.35. The van der Waals surface area contributed by atoms with Gasteiger partial charge in [0.15, 0.2) is 0 Å². The molecule has 0 radical (unpaired) electrons. The van der Waals surface area contributed by atoms with Crippen LogP contribution in [0.25, 0.3) is 0 Å². The van der Waals surface area contributed by atoms with Gasteiger partial charge in [0.05, 0.1) is 24.0 Å². The first-order chi connectivity index (χ1) is 11.8. The molecular weight excluding hydrogens is 361 g/mol. The van der Waals surface area contributed by atoms with Gasteiger partial charge in [-0.1, -0.05) is 11.6 Å². The maximum atomic E-state index is 12.6. The highest BCUT2D eigenvalue weighted by atomic mass is 35.5. The molecule has 1 saturated heterocycles. The standard InChI is InChI=1S/C15H12ClF3N4O2/c16-13-11(7-20-21-14(13)25)22-5-6-23(12(24)8-22)10-3-1-9(2-4-10)15(17,18)19/h1-4,7H,5-6,8H2,(H,21,25). The molecule has 10 heteroatoms. The molecule has 0 bridgehead atoms. The van der Waals surface area contributed by atoms with Gasteiger partial charge in [-0.3, -0.25) is 9.59 Å². The molecule has 1 aromatic carbocycles. The second-order valence-electron chi connectivity index (χ2n) is 5.41. The number of piperazine rings is 1. The van der Waals surface area contributed by atoms with E-state index < -0.39 is 17.3 Å². The summed E-state index contributed by atoms with van der Waals surface area (Å²) in [7, 11) is 0. The van der Waals surface area contributed by atoms with E-state index >= 15 is 0 Å². The lowest BCUT2D eigenvalue weighted by molar-refractivity contribution is -0.137. The summed E-state index contributed by atoms with van der Waals surface area (Å²) in [6, 6.07) is 4.40. The van der Waals surface area contributed by atoms with Gasteiger partial charge in [-0.25, -0.2) is 5.10 Å². The molecule has 0 spiro atoms. The summed E-state index contributed by atoms with van der Waals surface area (Å²) < 4.78 is 37.8. The third-order valence-electron chi connectivity index (χ3n) is 3.84. The minimum absolute atomic E-state index is 0.0636. The molecule has 1 aliphatic heterocycles. The Hall–Kier alpha value is -2.55. The fraction of sp³-hybridized carbons (Fsp3) is 0.267. The highest BCUT2D eigenvalue weighted by molar-refractivity contribution is 6.33. The van der Waals surface area contributed by atoms with Gasteiger partial charge in [-0.2, -0.15) is 18.3 Å². The summed E-state index contributed by atoms with van der Waals surface area (Å²) in [5.41, 5.74) is -0.612. The van der Waals surface area contributed by atoms with Gasteiger partial charge < -0.3 is 9.80 Å². The molecule has 1 aliphatic rings. The van der Waals surface area contributed by atoms with E-state index in [4.69, 9.17) is 11.6 Å². The Balaban J connectivity index is 1.77. The fourth-order valence-corrected chi connectivity index (χ4v) is 2.79. The van der Waals surface area contributed by atoms with Gasteiger partial charge in [-0.05, 0) is 24.3 Å². The molecule has 3 rings (SSSR count). The normalized spacial score (nSPS) is 15.6. The number of nitrogens with zero attached hydrogens (tertiary/aromatic N) is 3. The number of halogens is 4. The van der Waals surface area contributed by atoms with E-state index in [0.29, 0.717) is 17.9 Å². The molecule has 0 saturated carbocycles. The Kier molecular flexibility index (Phi) is 4.42. The predicted molar refractivity (Wildman–Crippen MR) is 85.9 cm³/mol. The van der Waals surface area contributed by atoms with Crippen LogP contribution in [0.5, 0.6) is 0 Å². The minimum atomic E-state index is -4.43. The highest BCUT2D eigenvalue weighted by Crippen LogP contribution is 2.31. The molecular formula is C15H12ClF3N4O2. The molecule has 1 aromatic heterocycles. The average Bonchev–Trinajstić information content (AvgIpc) is 2.57. The largest absolute Gasteiger partial charge is 0.416 e. The van der Waals surface area contributed by atoms with Crippen molar-refractivity contribution in [3.05, 3.63) is 51.4 Å². The lowest BCUT2D eigenvalue weighted by Crippen LogP contribution is -2.51. The molecule has 1 fully saturated rings. The number of benzene rings is 1. The Morgan fingerprint density at radius 2 is 1.80 bits per heavy atom. The van der Waals surface area contributed by atoms with Crippen molar-refractivity contribution in [1.82, 2.24) is 10.2 Å². The molecule has 6 nitrogen and oxygen atoms in total. The Morgan fingerprint density at radius 1 is 1.12 bits per heavy atom. The maximum Gasteiger partial charge on any atom is 0.416 e. The number of carbonyl (C=O) groups is 1. The lowest BCUT2D eigenvalue weighted by atomic mass is 10.1. The third-order valence-corrected chi connectivity index (χ3v) is 4.21. The number of hydrogen-bond acceptors (Lipinski definition) is 4. The van der Waals surface area contributed by atoms with Gasteiger partial charge in [-0.15, -0.1) is 0 Å². The summed E-state index contributed by atoms with van der Waals surface area (Å²) in [5.74, 6) is -0.317. The zero-order valence-corrected chi connectivity index (χ0v) is 13.4. The Labute approximate surface area is 144 Å². The number of aromatic amines is 1. The number of anilines is 2. The highest BCUT2D eigenvalue weighted by Gasteiger charge is 2.31. The summed E-state index contributed by atoms with van der Waals surface area (Å²) in [6.07, 6.45) is -3.07. The fourth-order valence-electron chi connectivity index (χ4n) is 2.58. The SMILES string of the molecule is O=C1CN(c2cn[nH]c(=O)c2Cl)CCN1c1ccc(C(F)(F)F)cc1. The molecule has 2 aromatic rings. The Bertz CT molecular complexity index is 851. The quantitative estimate of drug-likeness (QED) is 0.878. The van der Waals surface area contributed by atoms with Crippen LogP contribution in [0.1, 0.15) is 5.56 Å². The van der Waals surface area contributed by atoms with E-state index in [2.05, 4.69) is 10.2 Å². The van der Waals surface area contributed by atoms with E-state index in [1.807, 2.05) is 0 Å². The molecule has 1 amide bonds. The van der Waals surface area contributed by atoms with Crippen LogP contribution in [0.3, 0.4) is 0 Å². The molecule has 132 valence electrons. The number of nitrogens with one attached hydrogen (secondary N) is 1. The average molecular weight is 373 g/mol. The second kappa shape index (κ2) is 6.40. The van der Waals surface area contributed by atoms with Crippen LogP contribution in [0.15, 0.2) is 35.3 Å². The van der Waals surface area contributed by atoms with Crippen molar-refractivity contribution >= 4 is 28.9 Å². The smallest absolute Gasteiger partial charge is 0.358 e. The molecule has 0 atom stereocenters. The van der Waals surface area contributed by atoms with Crippen LogP contribution in [0.4, 0.5) is 24.5 Å². The number of carbonyl (C=O) groups excluding carboxylic acids is 1. The first-order valence-electron chi connectivity index (χ1n) is 7.23. The van der Waals surface area contributed by atoms with Crippen molar-refractivity contribution in [1.29, 1.82) is 0 Å². The van der Waals surface area contributed by atoms with Gasteiger partial charge >= 0.3 is 6.18 Å². The van der Waals surface area contributed by atoms with Crippen molar-refractivity contribution in [3.63, 3.8) is 0 Å². The van der Waals surface area contributed by atoms with E-state index in [0.717, 1.165) is 12.1 Å². The molecule has 25 heavy (non-hydrogen) atoms. The van der Waals surface area contributed by atoms with Gasteiger partial charge in [0, 0.05) is 18.8 Å². The summed E-state index contributed by atoms with van der Waals surface area (Å²) >= 11 is 5.93. The number of H-pyrrole nitrogens is 1. The molecule has 2 heterocycles.